The summed E-state index contributed by atoms with van der Waals surface area (Å²) in [7, 11) is 0. The van der Waals surface area contributed by atoms with Gasteiger partial charge in [-0.2, -0.15) is 0 Å². The summed E-state index contributed by atoms with van der Waals surface area (Å²) in [5, 5.41) is 9.19. The number of ether oxygens (including phenoxy) is 1. The summed E-state index contributed by atoms with van der Waals surface area (Å²) in [4.78, 5) is 0. The Morgan fingerprint density at radius 1 is 1.60 bits per heavy atom. The van der Waals surface area contributed by atoms with Gasteiger partial charge in [-0.25, -0.2) is 0 Å². The number of benzene rings is 1. The molecule has 1 aromatic carbocycles. The van der Waals surface area contributed by atoms with Crippen molar-refractivity contribution in [1.29, 1.82) is 0 Å². The van der Waals surface area contributed by atoms with Gasteiger partial charge in [0.2, 0.25) is 0 Å². The molecule has 0 aromatic heterocycles. The maximum absolute atomic E-state index is 9.19. The van der Waals surface area contributed by atoms with E-state index in [1.165, 1.54) is 5.56 Å². The Labute approximate surface area is 89.9 Å². The van der Waals surface area contributed by atoms with Crippen LogP contribution in [-0.2, 0) is 12.0 Å². The van der Waals surface area contributed by atoms with Crippen LogP contribution in [0.25, 0.3) is 0 Å². The van der Waals surface area contributed by atoms with E-state index in [2.05, 4.69) is 0 Å². The molecule has 0 aliphatic carbocycles. The maximum Gasteiger partial charge on any atom is 0.123 e. The molecule has 1 aliphatic heterocycles. The van der Waals surface area contributed by atoms with Crippen molar-refractivity contribution in [1.82, 2.24) is 0 Å². The van der Waals surface area contributed by atoms with Gasteiger partial charge in [-0.3, -0.25) is 0 Å². The third-order valence-electron chi connectivity index (χ3n) is 2.88. The van der Waals surface area contributed by atoms with Crippen molar-refractivity contribution in [2.45, 2.75) is 31.9 Å². The lowest BCUT2D eigenvalue weighted by molar-refractivity contribution is 0.210. The first-order valence-electron chi connectivity index (χ1n) is 5.23. The van der Waals surface area contributed by atoms with Crippen LogP contribution >= 0.6 is 0 Å². The molecule has 3 heteroatoms. The number of aliphatic hydroxyl groups is 1. The fourth-order valence-corrected chi connectivity index (χ4v) is 1.87. The van der Waals surface area contributed by atoms with Crippen LogP contribution < -0.4 is 10.5 Å². The first-order valence-corrected chi connectivity index (χ1v) is 5.23. The van der Waals surface area contributed by atoms with Crippen molar-refractivity contribution in [3.63, 3.8) is 0 Å². The topological polar surface area (TPSA) is 55.5 Å². The standard InChI is InChI=1S/C12H17NO2/c1-8-5-9-6-10(12(2,13)7-14)3-4-11(9)15-8/h3-4,6,8,14H,5,7,13H2,1-2H3. The second-order valence-electron chi connectivity index (χ2n) is 4.53. The minimum Gasteiger partial charge on any atom is -0.490 e. The predicted octanol–water partition coefficient (Wildman–Crippen LogP) is 1.18. The molecule has 1 aliphatic rings. The molecule has 3 nitrogen and oxygen atoms in total. The summed E-state index contributed by atoms with van der Waals surface area (Å²) >= 11 is 0. The maximum atomic E-state index is 9.19. The minimum atomic E-state index is -0.666. The molecule has 0 amide bonds. The Bertz CT molecular complexity index is 374. The van der Waals surface area contributed by atoms with Crippen molar-refractivity contribution >= 4 is 0 Å². The van der Waals surface area contributed by atoms with Crippen LogP contribution in [0.15, 0.2) is 18.2 Å². The highest BCUT2D eigenvalue weighted by Gasteiger charge is 2.24. The fourth-order valence-electron chi connectivity index (χ4n) is 1.87. The molecule has 0 fully saturated rings. The van der Waals surface area contributed by atoms with Gasteiger partial charge in [-0.05, 0) is 31.0 Å². The van der Waals surface area contributed by atoms with E-state index in [9.17, 15) is 5.11 Å². The van der Waals surface area contributed by atoms with Crippen LogP contribution in [0.3, 0.4) is 0 Å². The molecule has 3 N–H and O–H groups in total. The van der Waals surface area contributed by atoms with Gasteiger partial charge >= 0.3 is 0 Å². The molecule has 0 bridgehead atoms. The van der Waals surface area contributed by atoms with E-state index >= 15 is 0 Å². The smallest absolute Gasteiger partial charge is 0.123 e. The number of nitrogens with two attached hydrogens (primary N) is 1. The first-order chi connectivity index (χ1) is 7.03. The molecule has 0 saturated heterocycles. The number of hydrogen-bond acceptors (Lipinski definition) is 3. The molecule has 1 heterocycles. The van der Waals surface area contributed by atoms with E-state index < -0.39 is 5.54 Å². The van der Waals surface area contributed by atoms with E-state index in [-0.39, 0.29) is 12.7 Å². The largest absolute Gasteiger partial charge is 0.490 e. The normalized spacial score (nSPS) is 23.1. The Morgan fingerprint density at radius 2 is 2.33 bits per heavy atom. The van der Waals surface area contributed by atoms with Crippen LogP contribution in [0, 0.1) is 0 Å². The molecule has 2 atom stereocenters. The van der Waals surface area contributed by atoms with Gasteiger partial charge in [0.1, 0.15) is 11.9 Å². The molecule has 82 valence electrons. The van der Waals surface area contributed by atoms with Crippen LogP contribution in [0.2, 0.25) is 0 Å². The Balaban J connectivity index is 2.35. The highest BCUT2D eigenvalue weighted by atomic mass is 16.5. The first kappa shape index (κ1) is 10.5. The van der Waals surface area contributed by atoms with Crippen molar-refractivity contribution in [3.05, 3.63) is 29.3 Å². The summed E-state index contributed by atoms with van der Waals surface area (Å²) < 4.78 is 5.60. The van der Waals surface area contributed by atoms with Gasteiger partial charge in [0.25, 0.3) is 0 Å². The summed E-state index contributed by atoms with van der Waals surface area (Å²) in [6.07, 6.45) is 1.17. The van der Waals surface area contributed by atoms with Gasteiger partial charge in [0.15, 0.2) is 0 Å². The Morgan fingerprint density at radius 3 is 3.00 bits per heavy atom. The summed E-state index contributed by atoms with van der Waals surface area (Å²) in [6, 6.07) is 5.90. The summed E-state index contributed by atoms with van der Waals surface area (Å²) in [5.74, 6) is 0.944. The molecule has 0 spiro atoms. The van der Waals surface area contributed by atoms with Gasteiger partial charge in [-0.1, -0.05) is 12.1 Å². The third-order valence-corrected chi connectivity index (χ3v) is 2.88. The molecular formula is C12H17NO2. The Hall–Kier alpha value is -1.06. The zero-order valence-corrected chi connectivity index (χ0v) is 9.16. The van der Waals surface area contributed by atoms with E-state index in [1.807, 2.05) is 32.0 Å². The summed E-state index contributed by atoms with van der Waals surface area (Å²) in [5.41, 5.74) is 7.45. The lowest BCUT2D eigenvalue weighted by Crippen LogP contribution is -2.36. The van der Waals surface area contributed by atoms with E-state index in [4.69, 9.17) is 10.5 Å². The monoisotopic (exact) mass is 207 g/mol. The molecule has 2 rings (SSSR count). The predicted molar refractivity (Wildman–Crippen MR) is 58.9 cm³/mol. The number of fused-ring (bicyclic) bond motifs is 1. The summed E-state index contributed by atoms with van der Waals surface area (Å²) in [6.45, 7) is 3.82. The molecule has 15 heavy (non-hydrogen) atoms. The van der Waals surface area contributed by atoms with Crippen LogP contribution in [0.4, 0.5) is 0 Å². The lowest BCUT2D eigenvalue weighted by Gasteiger charge is -2.22. The van der Waals surface area contributed by atoms with Crippen LogP contribution in [0.1, 0.15) is 25.0 Å². The average Bonchev–Trinajstić information content (AvgIpc) is 2.56. The molecular weight excluding hydrogens is 190 g/mol. The number of hydrogen-bond donors (Lipinski definition) is 2. The van der Waals surface area contributed by atoms with E-state index in [0.29, 0.717) is 0 Å². The SMILES string of the molecule is CC1Cc2cc(C(C)(N)CO)ccc2O1. The second-order valence-corrected chi connectivity index (χ2v) is 4.53. The zero-order chi connectivity index (χ0) is 11.1. The van der Waals surface area contributed by atoms with E-state index in [1.54, 1.807) is 0 Å². The average molecular weight is 207 g/mol. The highest BCUT2D eigenvalue weighted by Crippen LogP contribution is 2.31. The Kier molecular flexibility index (Phi) is 2.44. The van der Waals surface area contributed by atoms with Crippen molar-refractivity contribution < 1.29 is 9.84 Å². The van der Waals surface area contributed by atoms with Crippen molar-refractivity contribution in [2.24, 2.45) is 5.73 Å². The number of aliphatic hydroxyl groups excluding tert-OH is 1. The minimum absolute atomic E-state index is 0.0534. The third kappa shape index (κ3) is 1.85. The van der Waals surface area contributed by atoms with Gasteiger partial charge in [0, 0.05) is 6.42 Å². The lowest BCUT2D eigenvalue weighted by atomic mass is 9.92. The number of rotatable bonds is 2. The van der Waals surface area contributed by atoms with E-state index in [0.717, 1.165) is 17.7 Å². The van der Waals surface area contributed by atoms with Crippen LogP contribution in [0.5, 0.6) is 5.75 Å². The van der Waals surface area contributed by atoms with Crippen molar-refractivity contribution in [2.75, 3.05) is 6.61 Å². The van der Waals surface area contributed by atoms with Gasteiger partial charge in [0.05, 0.1) is 12.1 Å². The quantitative estimate of drug-likeness (QED) is 0.765. The molecule has 0 saturated carbocycles. The fraction of sp³-hybridized carbons (Fsp3) is 0.500. The zero-order valence-electron chi connectivity index (χ0n) is 9.16. The van der Waals surface area contributed by atoms with Gasteiger partial charge < -0.3 is 15.6 Å². The van der Waals surface area contributed by atoms with Crippen LogP contribution in [-0.4, -0.2) is 17.8 Å². The molecule has 0 radical (unpaired) electrons. The van der Waals surface area contributed by atoms with Gasteiger partial charge in [-0.15, -0.1) is 0 Å². The highest BCUT2D eigenvalue weighted by molar-refractivity contribution is 5.42. The molecule has 2 unspecified atom stereocenters. The van der Waals surface area contributed by atoms with Crippen molar-refractivity contribution in [3.8, 4) is 5.75 Å². The second kappa shape index (κ2) is 3.51. The molecule has 1 aromatic rings.